The average Bonchev–Trinajstić information content (AvgIpc) is 2.64. The minimum absolute atomic E-state index is 0.189. The number of rotatable bonds is 7. The average molecular weight is 375 g/mol. The van der Waals surface area contributed by atoms with Crippen LogP contribution in [-0.2, 0) is 15.6 Å². The van der Waals surface area contributed by atoms with Gasteiger partial charge in [-0.15, -0.1) is 0 Å². The Hall–Kier alpha value is -2.67. The Labute approximate surface area is 154 Å². The number of carboxylic acid groups (broad SMARTS) is 1. The predicted molar refractivity (Wildman–Crippen MR) is 98.9 cm³/mol. The van der Waals surface area contributed by atoms with E-state index in [9.17, 15) is 13.8 Å². The largest absolute Gasteiger partial charge is 0.482 e. The Balaban J connectivity index is 2.14. The minimum Gasteiger partial charge on any atom is -0.482 e. The lowest BCUT2D eigenvalue weighted by molar-refractivity contribution is -0.139. The standard InChI is InChI=1S/C19H21NO5S/c1-13(14-7-9-17(10-8-14)26(3)24)20(2)19(23)15-5-4-6-16(11-15)25-12-18(21)22/h4-11,13H,12H2,1-3H3,(H,21,22). The van der Waals surface area contributed by atoms with Gasteiger partial charge in [-0.2, -0.15) is 0 Å². The molecule has 0 saturated carbocycles. The summed E-state index contributed by atoms with van der Waals surface area (Å²) in [6.45, 7) is 1.44. The molecule has 0 aliphatic heterocycles. The van der Waals surface area contributed by atoms with Gasteiger partial charge in [0.05, 0.1) is 6.04 Å². The third-order valence-electron chi connectivity index (χ3n) is 4.04. The maximum Gasteiger partial charge on any atom is 0.341 e. The first-order valence-electron chi connectivity index (χ1n) is 7.95. The highest BCUT2D eigenvalue weighted by molar-refractivity contribution is 7.84. The lowest BCUT2D eigenvalue weighted by atomic mass is 10.1. The van der Waals surface area contributed by atoms with Gasteiger partial charge in [0.25, 0.3) is 5.91 Å². The molecule has 1 N–H and O–H groups in total. The summed E-state index contributed by atoms with van der Waals surface area (Å²) in [5, 5.41) is 8.67. The van der Waals surface area contributed by atoms with Crippen molar-refractivity contribution in [2.45, 2.75) is 17.9 Å². The topological polar surface area (TPSA) is 83.9 Å². The SMILES string of the molecule is CC(c1ccc(S(C)=O)cc1)N(C)C(=O)c1cccc(OCC(=O)O)c1. The van der Waals surface area contributed by atoms with Crippen LogP contribution in [0.1, 0.15) is 28.9 Å². The van der Waals surface area contributed by atoms with Gasteiger partial charge in [0.15, 0.2) is 6.61 Å². The van der Waals surface area contributed by atoms with Crippen LogP contribution >= 0.6 is 0 Å². The summed E-state index contributed by atoms with van der Waals surface area (Å²) in [6, 6.07) is 13.5. The second kappa shape index (κ2) is 8.62. The van der Waals surface area contributed by atoms with Crippen molar-refractivity contribution >= 4 is 22.7 Å². The second-order valence-electron chi connectivity index (χ2n) is 5.83. The van der Waals surface area contributed by atoms with E-state index >= 15 is 0 Å². The van der Waals surface area contributed by atoms with Crippen molar-refractivity contribution in [2.75, 3.05) is 19.9 Å². The van der Waals surface area contributed by atoms with E-state index in [0.717, 1.165) is 10.5 Å². The molecule has 0 spiro atoms. The maximum absolute atomic E-state index is 12.7. The maximum atomic E-state index is 12.7. The molecule has 0 radical (unpaired) electrons. The number of hydrogen-bond acceptors (Lipinski definition) is 4. The van der Waals surface area contributed by atoms with Crippen LogP contribution < -0.4 is 4.74 Å². The van der Waals surface area contributed by atoms with Crippen LogP contribution in [0.2, 0.25) is 0 Å². The molecule has 0 fully saturated rings. The molecule has 0 aliphatic carbocycles. The Morgan fingerprint density at radius 2 is 1.85 bits per heavy atom. The molecule has 138 valence electrons. The molecule has 2 aromatic carbocycles. The molecule has 2 unspecified atom stereocenters. The number of nitrogens with zero attached hydrogens (tertiary/aromatic N) is 1. The first kappa shape index (κ1) is 19.7. The molecule has 1 amide bonds. The van der Waals surface area contributed by atoms with Gasteiger partial charge in [0.2, 0.25) is 0 Å². The third kappa shape index (κ3) is 4.92. The number of carboxylic acids is 1. The third-order valence-corrected chi connectivity index (χ3v) is 4.98. The Morgan fingerprint density at radius 1 is 1.19 bits per heavy atom. The number of benzene rings is 2. The summed E-state index contributed by atoms with van der Waals surface area (Å²) in [5.41, 5.74) is 1.34. The highest BCUT2D eigenvalue weighted by Gasteiger charge is 2.19. The molecule has 2 atom stereocenters. The summed E-state index contributed by atoms with van der Waals surface area (Å²) in [6.07, 6.45) is 1.62. The summed E-state index contributed by atoms with van der Waals surface area (Å²) in [5.74, 6) is -0.959. The van der Waals surface area contributed by atoms with E-state index in [2.05, 4.69) is 0 Å². The molecule has 0 bridgehead atoms. The molecule has 2 aromatic rings. The molecule has 7 heteroatoms. The van der Waals surface area contributed by atoms with Gasteiger partial charge >= 0.3 is 5.97 Å². The van der Waals surface area contributed by atoms with Gasteiger partial charge < -0.3 is 14.7 Å². The normalized spacial score (nSPS) is 12.9. The molecule has 0 aromatic heterocycles. The fourth-order valence-electron chi connectivity index (χ4n) is 2.41. The van der Waals surface area contributed by atoms with E-state index in [0.29, 0.717) is 11.3 Å². The van der Waals surface area contributed by atoms with Gasteiger partial charge in [0, 0.05) is 34.6 Å². The van der Waals surface area contributed by atoms with Crippen LogP contribution in [0.15, 0.2) is 53.4 Å². The van der Waals surface area contributed by atoms with E-state index in [1.165, 1.54) is 6.07 Å². The fraction of sp³-hybridized carbons (Fsp3) is 0.263. The Kier molecular flexibility index (Phi) is 6.52. The number of hydrogen-bond donors (Lipinski definition) is 1. The van der Waals surface area contributed by atoms with Crippen LogP contribution in [0.4, 0.5) is 0 Å². The molecule has 0 aliphatic rings. The van der Waals surface area contributed by atoms with Crippen LogP contribution in [0.25, 0.3) is 0 Å². The van der Waals surface area contributed by atoms with Gasteiger partial charge in [-0.3, -0.25) is 9.00 Å². The molecule has 0 heterocycles. The molecule has 0 saturated heterocycles. The molecule has 26 heavy (non-hydrogen) atoms. The van der Waals surface area contributed by atoms with Crippen molar-refractivity contribution in [2.24, 2.45) is 0 Å². The minimum atomic E-state index is -1.08. The molecular formula is C19H21NO5S. The van der Waals surface area contributed by atoms with Crippen LogP contribution in [0, 0.1) is 0 Å². The molecule has 2 rings (SSSR count). The quantitative estimate of drug-likeness (QED) is 0.804. The highest BCUT2D eigenvalue weighted by atomic mass is 32.2. The van der Waals surface area contributed by atoms with Crippen LogP contribution in [0.5, 0.6) is 5.75 Å². The van der Waals surface area contributed by atoms with Gasteiger partial charge in [-0.25, -0.2) is 4.79 Å². The lowest BCUT2D eigenvalue weighted by Crippen LogP contribution is -2.29. The zero-order valence-electron chi connectivity index (χ0n) is 14.8. The van der Waals surface area contributed by atoms with E-state index in [4.69, 9.17) is 9.84 Å². The van der Waals surface area contributed by atoms with Crippen molar-refractivity contribution in [1.82, 2.24) is 4.90 Å². The number of carbonyl (C=O) groups is 2. The predicted octanol–water partition coefficient (Wildman–Crippen LogP) is 2.72. The summed E-state index contributed by atoms with van der Waals surface area (Å²) < 4.78 is 16.6. The lowest BCUT2D eigenvalue weighted by Gasteiger charge is -2.25. The number of ether oxygens (including phenoxy) is 1. The van der Waals surface area contributed by atoms with E-state index < -0.39 is 23.4 Å². The van der Waals surface area contributed by atoms with Gasteiger partial charge in [-0.1, -0.05) is 18.2 Å². The highest BCUT2D eigenvalue weighted by Crippen LogP contribution is 2.23. The Bertz CT molecular complexity index is 819. The summed E-state index contributed by atoms with van der Waals surface area (Å²) >= 11 is 0. The van der Waals surface area contributed by atoms with Crippen molar-refractivity contribution in [1.29, 1.82) is 0 Å². The fourth-order valence-corrected chi connectivity index (χ4v) is 2.92. The Morgan fingerprint density at radius 3 is 2.42 bits per heavy atom. The van der Waals surface area contributed by atoms with Crippen molar-refractivity contribution in [3.8, 4) is 5.75 Å². The second-order valence-corrected chi connectivity index (χ2v) is 7.21. The smallest absolute Gasteiger partial charge is 0.341 e. The van der Waals surface area contributed by atoms with Gasteiger partial charge in [0.1, 0.15) is 5.75 Å². The first-order chi connectivity index (χ1) is 12.3. The molecule has 6 nitrogen and oxygen atoms in total. The van der Waals surface area contributed by atoms with Crippen LogP contribution in [-0.4, -0.2) is 46.0 Å². The van der Waals surface area contributed by atoms with E-state index in [-0.39, 0.29) is 11.9 Å². The number of amides is 1. The number of carbonyl (C=O) groups excluding carboxylic acids is 1. The number of aliphatic carboxylic acids is 1. The van der Waals surface area contributed by atoms with Crippen molar-refractivity contribution in [3.63, 3.8) is 0 Å². The van der Waals surface area contributed by atoms with Gasteiger partial charge in [-0.05, 0) is 42.8 Å². The van der Waals surface area contributed by atoms with E-state index in [1.54, 1.807) is 48.5 Å². The zero-order chi connectivity index (χ0) is 19.3. The molecular weight excluding hydrogens is 354 g/mol. The monoisotopic (exact) mass is 375 g/mol. The van der Waals surface area contributed by atoms with E-state index in [1.807, 2.05) is 19.1 Å². The summed E-state index contributed by atoms with van der Waals surface area (Å²) in [7, 11) is 0.654. The van der Waals surface area contributed by atoms with Crippen molar-refractivity contribution in [3.05, 3.63) is 59.7 Å². The zero-order valence-corrected chi connectivity index (χ0v) is 15.7. The summed E-state index contributed by atoms with van der Waals surface area (Å²) in [4.78, 5) is 25.6. The van der Waals surface area contributed by atoms with Crippen molar-refractivity contribution < 1.29 is 23.6 Å². The van der Waals surface area contributed by atoms with Crippen LogP contribution in [0.3, 0.4) is 0 Å². The first-order valence-corrected chi connectivity index (χ1v) is 9.50.